The Morgan fingerprint density at radius 3 is 2.65 bits per heavy atom. The summed E-state index contributed by atoms with van der Waals surface area (Å²) in [4.78, 5) is 4.13. The fourth-order valence-corrected chi connectivity index (χ4v) is 2.87. The number of rotatable bonds is 2. The average Bonchev–Trinajstić information content (AvgIpc) is 2.90. The van der Waals surface area contributed by atoms with Gasteiger partial charge >= 0.3 is 0 Å². The lowest BCUT2D eigenvalue weighted by atomic mass is 10.1. The zero-order chi connectivity index (χ0) is 14.4. The molecule has 20 heavy (non-hydrogen) atoms. The van der Waals surface area contributed by atoms with E-state index in [0.29, 0.717) is 16.1 Å². The van der Waals surface area contributed by atoms with Crippen molar-refractivity contribution in [1.82, 2.24) is 9.55 Å². The Balaban J connectivity index is 2.11. The zero-order valence-electron chi connectivity index (χ0n) is 10.1. The Bertz CT molecular complexity index is 648. The van der Waals surface area contributed by atoms with Gasteiger partial charge < -0.3 is 20.1 Å². The topological polar surface area (TPSA) is 87.7 Å². The monoisotopic (exact) mass is 318 g/mol. The van der Waals surface area contributed by atoms with Crippen molar-refractivity contribution in [3.63, 3.8) is 0 Å². The second-order valence-corrected chi connectivity index (χ2v) is 5.33. The number of imidazole rings is 1. The van der Waals surface area contributed by atoms with Crippen LogP contribution >= 0.6 is 23.2 Å². The number of ether oxygens (including phenoxy) is 1. The van der Waals surface area contributed by atoms with Crippen molar-refractivity contribution >= 4 is 34.2 Å². The summed E-state index contributed by atoms with van der Waals surface area (Å²) in [6.07, 6.45) is -4.22. The van der Waals surface area contributed by atoms with E-state index in [1.54, 1.807) is 18.2 Å². The molecule has 3 rings (SSSR count). The molecule has 0 radical (unpaired) electrons. The highest BCUT2D eigenvalue weighted by Crippen LogP contribution is 2.36. The highest BCUT2D eigenvalue weighted by molar-refractivity contribution is 6.35. The van der Waals surface area contributed by atoms with Crippen LogP contribution in [0.3, 0.4) is 0 Å². The molecule has 0 aliphatic carbocycles. The van der Waals surface area contributed by atoms with Gasteiger partial charge in [-0.15, -0.1) is 0 Å². The molecule has 6 nitrogen and oxygen atoms in total. The second kappa shape index (κ2) is 5.14. The number of para-hydroxylation sites is 1. The summed E-state index contributed by atoms with van der Waals surface area (Å²) in [5.74, 6) is 0. The first-order valence-electron chi connectivity index (χ1n) is 5.99. The van der Waals surface area contributed by atoms with E-state index in [1.165, 1.54) is 4.57 Å². The molecular formula is C12H12Cl2N2O4. The smallest absolute Gasteiger partial charge is 0.206 e. The average molecular weight is 319 g/mol. The highest BCUT2D eigenvalue weighted by atomic mass is 35.5. The molecule has 0 saturated carbocycles. The van der Waals surface area contributed by atoms with Gasteiger partial charge in [0.25, 0.3) is 0 Å². The van der Waals surface area contributed by atoms with Gasteiger partial charge in [0, 0.05) is 0 Å². The molecule has 1 aromatic carbocycles. The lowest BCUT2D eigenvalue weighted by Crippen LogP contribution is -2.33. The number of aliphatic hydroxyl groups excluding tert-OH is 3. The third kappa shape index (κ3) is 2.00. The predicted molar refractivity (Wildman–Crippen MR) is 72.8 cm³/mol. The molecule has 2 heterocycles. The molecule has 0 spiro atoms. The standard InChI is InChI=1S/C12H12Cl2N2O4/c13-5-2-1-3-6-8(5)15-12(14)16(6)11-10(19)9(18)7(4-17)20-11/h1-3,7,9-11,17-19H,4H2/t7-,9-,10-,11-/m0/s1. The van der Waals surface area contributed by atoms with Crippen LogP contribution in [0.15, 0.2) is 18.2 Å². The van der Waals surface area contributed by atoms with Crippen molar-refractivity contribution < 1.29 is 20.1 Å². The normalized spacial score (nSPS) is 30.2. The molecule has 4 atom stereocenters. The van der Waals surface area contributed by atoms with E-state index in [2.05, 4.69) is 4.98 Å². The number of hydrogen-bond donors (Lipinski definition) is 3. The summed E-state index contributed by atoms with van der Waals surface area (Å²) in [6.45, 7) is -0.403. The van der Waals surface area contributed by atoms with Crippen LogP contribution in [0.25, 0.3) is 11.0 Å². The van der Waals surface area contributed by atoms with Crippen LogP contribution < -0.4 is 0 Å². The Labute approximate surface area is 124 Å². The SMILES string of the molecule is OC[C@@H]1O[C@H](n2c(Cl)nc3c(Cl)cccc32)[C@@H](O)[C@H]1O. The van der Waals surface area contributed by atoms with Gasteiger partial charge in [0.1, 0.15) is 23.8 Å². The van der Waals surface area contributed by atoms with Gasteiger partial charge in [0.15, 0.2) is 6.23 Å². The molecule has 1 aromatic heterocycles. The molecule has 3 N–H and O–H groups in total. The van der Waals surface area contributed by atoms with E-state index in [1.807, 2.05) is 0 Å². The molecule has 0 bridgehead atoms. The maximum absolute atomic E-state index is 10.1. The van der Waals surface area contributed by atoms with Crippen LogP contribution in [-0.4, -0.2) is 49.8 Å². The van der Waals surface area contributed by atoms with Gasteiger partial charge in [-0.3, -0.25) is 4.57 Å². The van der Waals surface area contributed by atoms with Crippen LogP contribution in [-0.2, 0) is 4.74 Å². The van der Waals surface area contributed by atoms with E-state index < -0.39 is 31.1 Å². The molecule has 1 saturated heterocycles. The molecule has 8 heteroatoms. The Kier molecular flexibility index (Phi) is 3.62. The molecular weight excluding hydrogens is 307 g/mol. The lowest BCUT2D eigenvalue weighted by Gasteiger charge is -2.18. The van der Waals surface area contributed by atoms with Crippen molar-refractivity contribution in [1.29, 1.82) is 0 Å². The highest BCUT2D eigenvalue weighted by Gasteiger charge is 2.44. The van der Waals surface area contributed by atoms with Crippen LogP contribution in [0, 0.1) is 0 Å². The van der Waals surface area contributed by atoms with Crippen molar-refractivity contribution in [3.05, 3.63) is 28.5 Å². The van der Waals surface area contributed by atoms with Crippen molar-refractivity contribution in [3.8, 4) is 0 Å². The van der Waals surface area contributed by atoms with Crippen LogP contribution in [0.4, 0.5) is 0 Å². The van der Waals surface area contributed by atoms with Crippen LogP contribution in [0.1, 0.15) is 6.23 Å². The predicted octanol–water partition coefficient (Wildman–Crippen LogP) is 0.955. The first-order valence-corrected chi connectivity index (χ1v) is 6.74. The number of halogens is 2. The second-order valence-electron chi connectivity index (χ2n) is 4.59. The summed E-state index contributed by atoms with van der Waals surface area (Å²) in [5, 5.41) is 29.5. The van der Waals surface area contributed by atoms with E-state index >= 15 is 0 Å². The first-order chi connectivity index (χ1) is 9.54. The van der Waals surface area contributed by atoms with Gasteiger partial charge in [-0.25, -0.2) is 4.98 Å². The van der Waals surface area contributed by atoms with E-state index in [9.17, 15) is 10.2 Å². The fraction of sp³-hybridized carbons (Fsp3) is 0.417. The molecule has 2 aromatic rings. The maximum atomic E-state index is 10.1. The Morgan fingerprint density at radius 1 is 1.25 bits per heavy atom. The summed E-state index contributed by atoms with van der Waals surface area (Å²) >= 11 is 12.1. The zero-order valence-corrected chi connectivity index (χ0v) is 11.7. The number of aliphatic hydroxyl groups is 3. The molecule has 1 aliphatic rings. The van der Waals surface area contributed by atoms with Crippen LogP contribution in [0.2, 0.25) is 10.3 Å². The number of fused-ring (bicyclic) bond motifs is 1. The van der Waals surface area contributed by atoms with E-state index in [4.69, 9.17) is 33.0 Å². The third-order valence-electron chi connectivity index (χ3n) is 3.40. The molecule has 1 aliphatic heterocycles. The van der Waals surface area contributed by atoms with Crippen molar-refractivity contribution in [2.24, 2.45) is 0 Å². The first kappa shape index (κ1) is 14.1. The summed E-state index contributed by atoms with van der Waals surface area (Å²) in [7, 11) is 0. The van der Waals surface area contributed by atoms with Gasteiger partial charge in [0.05, 0.1) is 17.1 Å². The van der Waals surface area contributed by atoms with Gasteiger partial charge in [-0.05, 0) is 23.7 Å². The minimum absolute atomic E-state index is 0.0861. The molecule has 1 fully saturated rings. The van der Waals surface area contributed by atoms with Crippen molar-refractivity contribution in [2.45, 2.75) is 24.5 Å². The third-order valence-corrected chi connectivity index (χ3v) is 3.97. The minimum atomic E-state index is -1.22. The maximum Gasteiger partial charge on any atom is 0.206 e. The van der Waals surface area contributed by atoms with E-state index in [0.717, 1.165) is 0 Å². The lowest BCUT2D eigenvalue weighted by molar-refractivity contribution is -0.0507. The Morgan fingerprint density at radius 2 is 2.00 bits per heavy atom. The summed E-state index contributed by atoms with van der Waals surface area (Å²) < 4.78 is 6.90. The molecule has 0 amide bonds. The quantitative estimate of drug-likeness (QED) is 0.767. The molecule has 0 unspecified atom stereocenters. The van der Waals surface area contributed by atoms with Crippen LogP contribution in [0.5, 0.6) is 0 Å². The van der Waals surface area contributed by atoms with Crippen molar-refractivity contribution in [2.75, 3.05) is 6.61 Å². The van der Waals surface area contributed by atoms with E-state index in [-0.39, 0.29) is 5.28 Å². The van der Waals surface area contributed by atoms with Gasteiger partial charge in [-0.1, -0.05) is 17.7 Å². The number of aromatic nitrogens is 2. The Hall–Kier alpha value is -0.890. The van der Waals surface area contributed by atoms with Gasteiger partial charge in [0.2, 0.25) is 5.28 Å². The number of benzene rings is 1. The molecule has 108 valence electrons. The fourth-order valence-electron chi connectivity index (χ4n) is 2.39. The largest absolute Gasteiger partial charge is 0.394 e. The summed E-state index contributed by atoms with van der Waals surface area (Å²) in [5.41, 5.74) is 1.06. The number of nitrogens with zero attached hydrogens (tertiary/aromatic N) is 2. The summed E-state index contributed by atoms with van der Waals surface area (Å²) in [6, 6.07) is 5.13. The van der Waals surface area contributed by atoms with Gasteiger partial charge in [-0.2, -0.15) is 0 Å². The minimum Gasteiger partial charge on any atom is -0.394 e. The number of hydrogen-bond acceptors (Lipinski definition) is 5.